The molecule has 0 aromatic carbocycles. The molecule has 0 spiro atoms. The van der Waals surface area contributed by atoms with Crippen LogP contribution < -0.4 is 5.32 Å². The summed E-state index contributed by atoms with van der Waals surface area (Å²) in [5.41, 5.74) is 0. The highest BCUT2D eigenvalue weighted by Crippen LogP contribution is 2.29. The standard InChI is InChI=1S/C8H15NO3/c1-2-9-6-8-10-3-7(4-11-8)5-12-8/h7,9H,2-6H2,1H3. The van der Waals surface area contributed by atoms with E-state index in [1.165, 1.54) is 0 Å². The fraction of sp³-hybridized carbons (Fsp3) is 1.00. The van der Waals surface area contributed by atoms with Gasteiger partial charge in [-0.25, -0.2) is 0 Å². The molecule has 4 heteroatoms. The third-order valence-corrected chi connectivity index (χ3v) is 2.21. The van der Waals surface area contributed by atoms with Gasteiger partial charge in [0.15, 0.2) is 0 Å². The van der Waals surface area contributed by atoms with Crippen LogP contribution in [0.1, 0.15) is 6.92 Å². The monoisotopic (exact) mass is 173 g/mol. The molecule has 0 aromatic rings. The van der Waals surface area contributed by atoms with Crippen LogP contribution in [0, 0.1) is 5.92 Å². The van der Waals surface area contributed by atoms with Crippen molar-refractivity contribution in [2.75, 3.05) is 32.9 Å². The van der Waals surface area contributed by atoms with Crippen LogP contribution in [0.3, 0.4) is 0 Å². The molecule has 12 heavy (non-hydrogen) atoms. The molecule has 0 amide bonds. The Hall–Kier alpha value is -0.160. The quantitative estimate of drug-likeness (QED) is 0.649. The topological polar surface area (TPSA) is 39.7 Å². The Kier molecular flexibility index (Phi) is 2.32. The van der Waals surface area contributed by atoms with Crippen molar-refractivity contribution in [3.63, 3.8) is 0 Å². The molecule has 1 N–H and O–H groups in total. The molecule has 70 valence electrons. The Morgan fingerprint density at radius 3 is 2.33 bits per heavy atom. The van der Waals surface area contributed by atoms with Crippen LogP contribution in [0.15, 0.2) is 0 Å². The third-order valence-electron chi connectivity index (χ3n) is 2.21. The lowest BCUT2D eigenvalue weighted by Gasteiger charge is -2.45. The number of nitrogens with one attached hydrogen (secondary N) is 1. The van der Waals surface area contributed by atoms with Gasteiger partial charge in [0.25, 0.3) is 5.97 Å². The first-order valence-electron chi connectivity index (χ1n) is 4.47. The van der Waals surface area contributed by atoms with Gasteiger partial charge in [-0.3, -0.25) is 0 Å². The van der Waals surface area contributed by atoms with Gasteiger partial charge in [0.2, 0.25) is 0 Å². The molecule has 0 aromatic heterocycles. The fourth-order valence-corrected chi connectivity index (χ4v) is 1.43. The van der Waals surface area contributed by atoms with E-state index < -0.39 is 5.97 Å². The number of fused-ring (bicyclic) bond motifs is 3. The largest absolute Gasteiger partial charge is 0.326 e. The molecule has 3 rings (SSSR count). The van der Waals surface area contributed by atoms with Crippen LogP contribution in [0.4, 0.5) is 0 Å². The first-order chi connectivity index (χ1) is 5.85. The van der Waals surface area contributed by atoms with Crippen molar-refractivity contribution in [2.45, 2.75) is 12.9 Å². The molecule has 0 saturated carbocycles. The highest BCUT2D eigenvalue weighted by molar-refractivity contribution is 4.76. The molecule has 3 fully saturated rings. The summed E-state index contributed by atoms with van der Waals surface area (Å²) in [7, 11) is 0. The predicted octanol–water partition coefficient (Wildman–Crippen LogP) is -0.0571. The maximum atomic E-state index is 5.46. The lowest BCUT2D eigenvalue weighted by Crippen LogP contribution is -2.58. The van der Waals surface area contributed by atoms with E-state index in [0.29, 0.717) is 12.5 Å². The van der Waals surface area contributed by atoms with Gasteiger partial charge < -0.3 is 19.5 Å². The van der Waals surface area contributed by atoms with Gasteiger partial charge in [0.05, 0.1) is 26.4 Å². The van der Waals surface area contributed by atoms with E-state index in [1.807, 2.05) is 6.92 Å². The second-order valence-electron chi connectivity index (χ2n) is 3.26. The lowest BCUT2D eigenvalue weighted by molar-refractivity contribution is -0.444. The van der Waals surface area contributed by atoms with Gasteiger partial charge >= 0.3 is 0 Å². The van der Waals surface area contributed by atoms with Crippen molar-refractivity contribution in [3.8, 4) is 0 Å². The molecule has 4 nitrogen and oxygen atoms in total. The average molecular weight is 173 g/mol. The van der Waals surface area contributed by atoms with Gasteiger partial charge in [0, 0.05) is 5.92 Å². The van der Waals surface area contributed by atoms with Crippen LogP contribution in [0.5, 0.6) is 0 Å². The normalized spacial score (nSPS) is 40.2. The zero-order valence-electron chi connectivity index (χ0n) is 7.34. The smallest absolute Gasteiger partial charge is 0.296 e. The lowest BCUT2D eigenvalue weighted by atomic mass is 10.1. The summed E-state index contributed by atoms with van der Waals surface area (Å²) in [5.74, 6) is -0.335. The highest BCUT2D eigenvalue weighted by Gasteiger charge is 2.44. The minimum absolute atomic E-state index is 0.438. The van der Waals surface area contributed by atoms with Crippen molar-refractivity contribution in [1.29, 1.82) is 0 Å². The first kappa shape index (κ1) is 8.44. The summed E-state index contributed by atoms with van der Waals surface area (Å²) in [4.78, 5) is 0. The Morgan fingerprint density at radius 2 is 1.83 bits per heavy atom. The van der Waals surface area contributed by atoms with Crippen LogP contribution in [-0.4, -0.2) is 38.9 Å². The van der Waals surface area contributed by atoms with Crippen LogP contribution in [0.25, 0.3) is 0 Å². The molecule has 2 bridgehead atoms. The molecular formula is C8H15NO3. The number of ether oxygens (including phenoxy) is 3. The maximum absolute atomic E-state index is 5.46. The maximum Gasteiger partial charge on any atom is 0.296 e. The minimum Gasteiger partial charge on any atom is -0.326 e. The molecule has 3 aliphatic heterocycles. The molecule has 0 atom stereocenters. The Morgan fingerprint density at radius 1 is 1.25 bits per heavy atom. The van der Waals surface area contributed by atoms with E-state index in [2.05, 4.69) is 5.32 Å². The summed E-state index contributed by atoms with van der Waals surface area (Å²) in [5, 5.41) is 3.16. The van der Waals surface area contributed by atoms with Crippen molar-refractivity contribution in [3.05, 3.63) is 0 Å². The van der Waals surface area contributed by atoms with Crippen molar-refractivity contribution in [2.24, 2.45) is 5.92 Å². The highest BCUT2D eigenvalue weighted by atomic mass is 16.9. The van der Waals surface area contributed by atoms with Crippen LogP contribution in [-0.2, 0) is 14.2 Å². The summed E-state index contributed by atoms with van der Waals surface area (Å²) in [6.07, 6.45) is 0. The second kappa shape index (κ2) is 3.30. The SMILES string of the molecule is CCNCC12OCC(CO1)CO2. The number of rotatable bonds is 3. The van der Waals surface area contributed by atoms with E-state index >= 15 is 0 Å². The van der Waals surface area contributed by atoms with Crippen molar-refractivity contribution < 1.29 is 14.2 Å². The van der Waals surface area contributed by atoms with Gasteiger partial charge in [-0.15, -0.1) is 0 Å². The molecule has 3 saturated heterocycles. The molecule has 0 radical (unpaired) electrons. The average Bonchev–Trinajstić information content (AvgIpc) is 2.18. The predicted molar refractivity (Wildman–Crippen MR) is 42.6 cm³/mol. The Bertz CT molecular complexity index is 141. The van der Waals surface area contributed by atoms with Crippen molar-refractivity contribution in [1.82, 2.24) is 5.32 Å². The van der Waals surface area contributed by atoms with E-state index in [0.717, 1.165) is 26.4 Å². The summed E-state index contributed by atoms with van der Waals surface area (Å²) >= 11 is 0. The summed E-state index contributed by atoms with van der Waals surface area (Å²) in [6.45, 7) is 5.88. The molecule has 3 aliphatic rings. The van der Waals surface area contributed by atoms with Crippen LogP contribution in [0.2, 0.25) is 0 Å². The van der Waals surface area contributed by atoms with E-state index in [1.54, 1.807) is 0 Å². The van der Waals surface area contributed by atoms with Crippen LogP contribution >= 0.6 is 0 Å². The van der Waals surface area contributed by atoms with Gasteiger partial charge in [-0.1, -0.05) is 6.92 Å². The third kappa shape index (κ3) is 1.47. The van der Waals surface area contributed by atoms with E-state index in [9.17, 15) is 0 Å². The number of likely N-dealkylation sites (N-methyl/N-ethyl adjacent to an activating group) is 1. The number of hydrogen-bond acceptors (Lipinski definition) is 4. The molecule has 0 unspecified atom stereocenters. The summed E-state index contributed by atoms with van der Waals surface area (Å²) < 4.78 is 16.4. The minimum atomic E-state index is -0.773. The van der Waals surface area contributed by atoms with Crippen molar-refractivity contribution >= 4 is 0 Å². The van der Waals surface area contributed by atoms with Gasteiger partial charge in [-0.05, 0) is 6.54 Å². The first-order valence-corrected chi connectivity index (χ1v) is 4.47. The number of hydrogen-bond donors (Lipinski definition) is 1. The summed E-state index contributed by atoms with van der Waals surface area (Å²) in [6, 6.07) is 0. The van der Waals surface area contributed by atoms with Gasteiger partial charge in [-0.2, -0.15) is 0 Å². The van der Waals surface area contributed by atoms with E-state index in [4.69, 9.17) is 14.2 Å². The molecular weight excluding hydrogens is 158 g/mol. The fourth-order valence-electron chi connectivity index (χ4n) is 1.43. The second-order valence-corrected chi connectivity index (χ2v) is 3.26. The zero-order valence-corrected chi connectivity index (χ0v) is 7.34. The molecule has 0 aliphatic carbocycles. The van der Waals surface area contributed by atoms with Gasteiger partial charge in [0.1, 0.15) is 0 Å². The molecule has 3 heterocycles. The Balaban J connectivity index is 1.90. The zero-order chi connectivity index (χ0) is 8.44. The van der Waals surface area contributed by atoms with E-state index in [-0.39, 0.29) is 0 Å². The Labute approximate surface area is 72.2 Å².